The van der Waals surface area contributed by atoms with Crippen LogP contribution in [-0.4, -0.2) is 15.5 Å². The number of carbonyl (C=O) groups excluding carboxylic acids is 1. The maximum Gasteiger partial charge on any atom is 0.307 e. The van der Waals surface area contributed by atoms with Crippen LogP contribution in [0.15, 0.2) is 59.0 Å². The number of ether oxygens (including phenoxy) is 1. The molecule has 6 nitrogen and oxygen atoms in total. The highest BCUT2D eigenvalue weighted by atomic mass is 32.1. The maximum absolute atomic E-state index is 12.1. The van der Waals surface area contributed by atoms with Crippen molar-refractivity contribution in [2.24, 2.45) is 0 Å². The summed E-state index contributed by atoms with van der Waals surface area (Å²) < 4.78 is 7.34. The average Bonchev–Trinajstić information content (AvgIpc) is 2.97. The fraction of sp³-hybridized carbons (Fsp3) is 0.211. The summed E-state index contributed by atoms with van der Waals surface area (Å²) in [6.45, 7) is 2.64. The molecule has 0 spiro atoms. The molecule has 134 valence electrons. The Morgan fingerprint density at radius 1 is 1.31 bits per heavy atom. The lowest BCUT2D eigenvalue weighted by Gasteiger charge is -2.10. The lowest BCUT2D eigenvalue weighted by Crippen LogP contribution is -2.20. The van der Waals surface area contributed by atoms with E-state index in [1.54, 1.807) is 34.5 Å². The van der Waals surface area contributed by atoms with Crippen molar-refractivity contribution < 1.29 is 9.53 Å². The van der Waals surface area contributed by atoms with E-state index in [0.717, 1.165) is 22.6 Å². The maximum atomic E-state index is 12.1. The van der Waals surface area contributed by atoms with Crippen molar-refractivity contribution >= 4 is 22.9 Å². The number of carbonyl (C=O) groups is 1. The second-order valence-corrected chi connectivity index (χ2v) is 6.59. The predicted molar refractivity (Wildman–Crippen MR) is 102 cm³/mol. The van der Waals surface area contributed by atoms with Crippen LogP contribution in [0, 0.1) is 6.92 Å². The van der Waals surface area contributed by atoms with Gasteiger partial charge in [0.15, 0.2) is 0 Å². The summed E-state index contributed by atoms with van der Waals surface area (Å²) in [5.74, 6) is 0.517. The van der Waals surface area contributed by atoms with E-state index in [9.17, 15) is 9.59 Å². The van der Waals surface area contributed by atoms with E-state index in [1.807, 2.05) is 31.2 Å². The first-order chi connectivity index (χ1) is 12.6. The molecule has 0 aliphatic heterocycles. The highest BCUT2D eigenvalue weighted by Gasteiger charge is 2.07. The molecule has 0 atom stereocenters. The van der Waals surface area contributed by atoms with Crippen LogP contribution in [0.25, 0.3) is 0 Å². The first-order valence-electron chi connectivity index (χ1n) is 8.18. The van der Waals surface area contributed by atoms with E-state index < -0.39 is 0 Å². The molecule has 0 bridgehead atoms. The average molecular weight is 369 g/mol. The summed E-state index contributed by atoms with van der Waals surface area (Å²) in [5, 5.41) is 4.63. The number of nitrogens with one attached hydrogen (secondary N) is 1. The van der Waals surface area contributed by atoms with Crippen LogP contribution in [0.2, 0.25) is 0 Å². The molecule has 0 saturated heterocycles. The Hall–Kier alpha value is -2.93. The van der Waals surface area contributed by atoms with Gasteiger partial charge in [-0.15, -0.1) is 0 Å². The van der Waals surface area contributed by atoms with Gasteiger partial charge in [0.05, 0.1) is 0 Å². The molecule has 26 heavy (non-hydrogen) atoms. The number of thiazole rings is 1. The zero-order valence-corrected chi connectivity index (χ0v) is 15.2. The third-order valence-electron chi connectivity index (χ3n) is 3.78. The lowest BCUT2D eigenvalue weighted by molar-refractivity contribution is -0.116. The highest BCUT2D eigenvalue weighted by molar-refractivity contribution is 7.07. The Morgan fingerprint density at radius 3 is 2.92 bits per heavy atom. The summed E-state index contributed by atoms with van der Waals surface area (Å²) in [5.41, 5.74) is 2.50. The smallest absolute Gasteiger partial charge is 0.307 e. The molecule has 3 aromatic rings. The van der Waals surface area contributed by atoms with Crippen LogP contribution < -0.4 is 14.9 Å². The fourth-order valence-corrected chi connectivity index (χ4v) is 3.19. The van der Waals surface area contributed by atoms with Gasteiger partial charge in [-0.05, 0) is 25.1 Å². The minimum absolute atomic E-state index is 0.0406. The van der Waals surface area contributed by atoms with Gasteiger partial charge in [0.2, 0.25) is 5.91 Å². The highest BCUT2D eigenvalue weighted by Crippen LogP contribution is 2.18. The number of hydrogen-bond donors (Lipinski definition) is 1. The van der Waals surface area contributed by atoms with Crippen molar-refractivity contribution in [1.82, 2.24) is 9.55 Å². The minimum Gasteiger partial charge on any atom is -0.489 e. The van der Waals surface area contributed by atoms with E-state index in [0.29, 0.717) is 24.6 Å². The molecule has 7 heteroatoms. The second kappa shape index (κ2) is 8.44. The van der Waals surface area contributed by atoms with E-state index in [4.69, 9.17) is 4.74 Å². The second-order valence-electron chi connectivity index (χ2n) is 5.77. The van der Waals surface area contributed by atoms with E-state index in [2.05, 4.69) is 10.3 Å². The van der Waals surface area contributed by atoms with E-state index in [1.165, 1.54) is 0 Å². The predicted octanol–water partition coefficient (Wildman–Crippen LogP) is 3.22. The van der Waals surface area contributed by atoms with Crippen LogP contribution in [-0.2, 0) is 17.9 Å². The number of aryl methyl sites for hydroxylation is 1. The van der Waals surface area contributed by atoms with Crippen molar-refractivity contribution in [2.75, 3.05) is 5.32 Å². The van der Waals surface area contributed by atoms with Crippen molar-refractivity contribution in [3.8, 4) is 5.75 Å². The zero-order valence-electron chi connectivity index (χ0n) is 14.3. The van der Waals surface area contributed by atoms with Crippen LogP contribution in [0.1, 0.15) is 17.7 Å². The molecular weight excluding hydrogens is 350 g/mol. The number of aromatic nitrogens is 2. The minimum atomic E-state index is -0.146. The summed E-state index contributed by atoms with van der Waals surface area (Å²) in [6, 6.07) is 11.0. The van der Waals surface area contributed by atoms with Gasteiger partial charge in [-0.25, -0.2) is 0 Å². The first-order valence-corrected chi connectivity index (χ1v) is 9.06. The third-order valence-corrected chi connectivity index (χ3v) is 4.67. The van der Waals surface area contributed by atoms with Crippen molar-refractivity contribution in [3.05, 3.63) is 75.1 Å². The van der Waals surface area contributed by atoms with Crippen molar-refractivity contribution in [1.29, 1.82) is 0 Å². The summed E-state index contributed by atoms with van der Waals surface area (Å²) in [6.07, 6.45) is 3.70. The largest absolute Gasteiger partial charge is 0.489 e. The van der Waals surface area contributed by atoms with Crippen LogP contribution in [0.4, 0.5) is 5.69 Å². The molecule has 1 aromatic carbocycles. The van der Waals surface area contributed by atoms with Crippen molar-refractivity contribution in [3.63, 3.8) is 0 Å². The molecule has 1 N–H and O–H groups in total. The first kappa shape index (κ1) is 17.9. The lowest BCUT2D eigenvalue weighted by atomic mass is 10.2. The van der Waals surface area contributed by atoms with E-state index >= 15 is 0 Å². The van der Waals surface area contributed by atoms with Gasteiger partial charge < -0.3 is 14.6 Å². The zero-order chi connectivity index (χ0) is 18.4. The van der Waals surface area contributed by atoms with Gasteiger partial charge in [0.1, 0.15) is 12.4 Å². The third kappa shape index (κ3) is 4.80. The summed E-state index contributed by atoms with van der Waals surface area (Å²) in [4.78, 5) is 27.8. The molecule has 0 unspecified atom stereocenters. The number of nitrogens with zero attached hydrogens (tertiary/aromatic N) is 2. The molecular formula is C19H19N3O3S. The Labute approximate surface area is 155 Å². The van der Waals surface area contributed by atoms with Crippen LogP contribution in [0.5, 0.6) is 5.75 Å². The van der Waals surface area contributed by atoms with Gasteiger partial charge in [0, 0.05) is 53.8 Å². The monoisotopic (exact) mass is 369 g/mol. The Balaban J connectivity index is 1.54. The van der Waals surface area contributed by atoms with Crippen LogP contribution >= 0.6 is 11.3 Å². The fourth-order valence-electron chi connectivity index (χ4n) is 2.43. The van der Waals surface area contributed by atoms with Gasteiger partial charge in [-0.3, -0.25) is 14.6 Å². The molecule has 2 aromatic heterocycles. The molecule has 0 aliphatic carbocycles. The van der Waals surface area contributed by atoms with Gasteiger partial charge in [-0.1, -0.05) is 23.5 Å². The van der Waals surface area contributed by atoms with Crippen molar-refractivity contribution in [2.45, 2.75) is 26.5 Å². The van der Waals surface area contributed by atoms with Gasteiger partial charge >= 0.3 is 4.87 Å². The summed E-state index contributed by atoms with van der Waals surface area (Å²) in [7, 11) is 0. The number of pyridine rings is 1. The summed E-state index contributed by atoms with van der Waals surface area (Å²) >= 11 is 1.15. The molecule has 1 amide bonds. The Bertz CT molecular complexity index is 934. The standard InChI is InChI=1S/C19H19N3O3S/c1-14-13-26-19(24)22(14)9-7-18(23)21-16-5-2-6-17(10-16)25-12-15-4-3-8-20-11-15/h2-6,8,10-11,13H,7,9,12H2,1H3,(H,21,23). The number of benzene rings is 1. The van der Waals surface area contributed by atoms with Crippen LogP contribution in [0.3, 0.4) is 0 Å². The van der Waals surface area contributed by atoms with Gasteiger partial charge in [-0.2, -0.15) is 0 Å². The Kier molecular flexibility index (Phi) is 5.80. The topological polar surface area (TPSA) is 73.2 Å². The molecule has 2 heterocycles. The number of rotatable bonds is 7. The van der Waals surface area contributed by atoms with E-state index in [-0.39, 0.29) is 17.2 Å². The SMILES string of the molecule is Cc1csc(=O)n1CCC(=O)Nc1cccc(OCc2cccnc2)c1. The van der Waals surface area contributed by atoms with Gasteiger partial charge in [0.25, 0.3) is 0 Å². The number of anilines is 1. The quantitative estimate of drug-likeness (QED) is 0.694. The Morgan fingerprint density at radius 2 is 2.19 bits per heavy atom. The molecule has 0 aliphatic rings. The normalized spacial score (nSPS) is 10.5. The molecule has 3 rings (SSSR count). The molecule has 0 saturated carbocycles. The number of hydrogen-bond acceptors (Lipinski definition) is 5. The molecule has 0 fully saturated rings. The number of amides is 1. The molecule has 0 radical (unpaired) electrons.